The molecule has 9 heteroatoms. The van der Waals surface area contributed by atoms with E-state index in [4.69, 9.17) is 22.6 Å². The minimum Gasteiger partial charge on any atom is -0.368 e. The van der Waals surface area contributed by atoms with Crippen LogP contribution >= 0.6 is 11.6 Å². The molecule has 0 aliphatic rings. The van der Waals surface area contributed by atoms with E-state index in [0.29, 0.717) is 35.1 Å². The lowest BCUT2D eigenvalue weighted by atomic mass is 10.1. The molecule has 0 fully saturated rings. The fraction of sp³-hybridized carbons (Fsp3) is 0.133. The predicted molar refractivity (Wildman–Crippen MR) is 89.4 cm³/mol. The molecule has 3 heterocycles. The molecule has 4 rings (SSSR count). The summed E-state index contributed by atoms with van der Waals surface area (Å²) in [7, 11) is 0. The van der Waals surface area contributed by atoms with Gasteiger partial charge < -0.3 is 5.73 Å². The van der Waals surface area contributed by atoms with Gasteiger partial charge in [-0.2, -0.15) is 19.9 Å². The van der Waals surface area contributed by atoms with Gasteiger partial charge in [0.25, 0.3) is 0 Å². The van der Waals surface area contributed by atoms with E-state index in [9.17, 15) is 0 Å². The maximum Gasteiger partial charge on any atom is 0.225 e. The molecular formula is C15H11ClN8. The van der Waals surface area contributed by atoms with Crippen LogP contribution in [0.4, 0.5) is 5.95 Å². The Hall–Kier alpha value is -3.18. The molecule has 0 saturated heterocycles. The second kappa shape index (κ2) is 5.47. The van der Waals surface area contributed by atoms with Gasteiger partial charge in [-0.25, -0.2) is 9.67 Å². The molecule has 4 aromatic rings. The SMILES string of the molecule is N#Cc1cccc(-c2nc3c4cnn(CCCl)c4nc(N)n3n2)c1. The van der Waals surface area contributed by atoms with Gasteiger partial charge in [0.15, 0.2) is 17.1 Å². The van der Waals surface area contributed by atoms with E-state index in [1.54, 1.807) is 29.1 Å². The normalized spacial score (nSPS) is 11.2. The van der Waals surface area contributed by atoms with Crippen molar-refractivity contribution in [1.82, 2.24) is 29.4 Å². The lowest BCUT2D eigenvalue weighted by molar-refractivity contribution is 0.680. The number of nitrogens with zero attached hydrogens (tertiary/aromatic N) is 7. The Labute approximate surface area is 141 Å². The molecule has 1 aromatic carbocycles. The fourth-order valence-corrected chi connectivity index (χ4v) is 2.71. The molecule has 0 spiro atoms. The molecule has 24 heavy (non-hydrogen) atoms. The molecule has 0 aliphatic heterocycles. The first-order valence-electron chi connectivity index (χ1n) is 7.15. The third-order valence-corrected chi connectivity index (χ3v) is 3.81. The van der Waals surface area contributed by atoms with Crippen molar-refractivity contribution in [1.29, 1.82) is 5.26 Å². The van der Waals surface area contributed by atoms with Crippen molar-refractivity contribution in [3.8, 4) is 17.5 Å². The molecule has 0 atom stereocenters. The van der Waals surface area contributed by atoms with Gasteiger partial charge >= 0.3 is 0 Å². The lowest BCUT2D eigenvalue weighted by Crippen LogP contribution is -2.06. The Balaban J connectivity index is 1.96. The highest BCUT2D eigenvalue weighted by atomic mass is 35.5. The number of aryl methyl sites for hydroxylation is 1. The summed E-state index contributed by atoms with van der Waals surface area (Å²) in [6.45, 7) is 0.527. The highest BCUT2D eigenvalue weighted by Crippen LogP contribution is 2.23. The number of halogens is 1. The second-order valence-electron chi connectivity index (χ2n) is 5.13. The monoisotopic (exact) mass is 338 g/mol. The number of nitrogen functional groups attached to an aromatic ring is 1. The van der Waals surface area contributed by atoms with Crippen LogP contribution in [0.1, 0.15) is 5.56 Å². The van der Waals surface area contributed by atoms with E-state index in [2.05, 4.69) is 26.2 Å². The number of anilines is 1. The van der Waals surface area contributed by atoms with E-state index >= 15 is 0 Å². The summed E-state index contributed by atoms with van der Waals surface area (Å²) in [6, 6.07) is 9.19. The summed E-state index contributed by atoms with van der Waals surface area (Å²) < 4.78 is 3.16. The standard InChI is InChI=1S/C15H11ClN8/c16-4-5-23-13-11(8-19-23)14-20-12(22-24(14)15(18)21-13)10-3-1-2-9(6-10)7-17/h1-3,6,8H,4-5H2,(H2,18,21). The molecule has 8 nitrogen and oxygen atoms in total. The average molecular weight is 339 g/mol. The Kier molecular flexibility index (Phi) is 3.29. The third-order valence-electron chi connectivity index (χ3n) is 3.64. The van der Waals surface area contributed by atoms with E-state index < -0.39 is 0 Å². The number of nitriles is 1. The highest BCUT2D eigenvalue weighted by molar-refractivity contribution is 6.17. The first kappa shape index (κ1) is 14.4. The van der Waals surface area contributed by atoms with Gasteiger partial charge in [-0.05, 0) is 12.1 Å². The van der Waals surface area contributed by atoms with Gasteiger partial charge in [0.2, 0.25) is 5.95 Å². The summed E-state index contributed by atoms with van der Waals surface area (Å²) in [5, 5.41) is 18.5. The van der Waals surface area contributed by atoms with Crippen molar-refractivity contribution >= 4 is 34.2 Å². The van der Waals surface area contributed by atoms with Crippen LogP contribution in [0, 0.1) is 11.3 Å². The zero-order valence-corrected chi connectivity index (χ0v) is 13.1. The van der Waals surface area contributed by atoms with Crippen LogP contribution in [0.3, 0.4) is 0 Å². The van der Waals surface area contributed by atoms with Crippen molar-refractivity contribution < 1.29 is 0 Å². The van der Waals surface area contributed by atoms with Gasteiger partial charge in [0, 0.05) is 11.4 Å². The zero-order valence-electron chi connectivity index (χ0n) is 12.4. The van der Waals surface area contributed by atoms with Gasteiger partial charge in [0.05, 0.1) is 29.8 Å². The molecule has 3 aromatic heterocycles. The smallest absolute Gasteiger partial charge is 0.225 e. The molecule has 0 bridgehead atoms. The number of benzene rings is 1. The van der Waals surface area contributed by atoms with Crippen LogP contribution in [0.5, 0.6) is 0 Å². The third kappa shape index (κ3) is 2.14. The van der Waals surface area contributed by atoms with Crippen LogP contribution in [0.15, 0.2) is 30.5 Å². The van der Waals surface area contributed by atoms with E-state index in [1.807, 2.05) is 6.07 Å². The van der Waals surface area contributed by atoms with E-state index in [-0.39, 0.29) is 5.95 Å². The Morgan fingerprint density at radius 3 is 2.92 bits per heavy atom. The lowest BCUT2D eigenvalue weighted by Gasteiger charge is -2.01. The minimum atomic E-state index is 0.212. The zero-order chi connectivity index (χ0) is 16.7. The molecule has 2 N–H and O–H groups in total. The van der Waals surface area contributed by atoms with Gasteiger partial charge in [-0.1, -0.05) is 12.1 Å². The minimum absolute atomic E-state index is 0.212. The van der Waals surface area contributed by atoms with Gasteiger partial charge in [0.1, 0.15) is 0 Å². The van der Waals surface area contributed by atoms with Crippen LogP contribution in [-0.4, -0.2) is 35.2 Å². The van der Waals surface area contributed by atoms with Crippen molar-refractivity contribution in [2.24, 2.45) is 0 Å². The Morgan fingerprint density at radius 1 is 1.25 bits per heavy atom. The maximum absolute atomic E-state index is 9.04. The van der Waals surface area contributed by atoms with E-state index in [1.165, 1.54) is 4.52 Å². The van der Waals surface area contributed by atoms with Crippen molar-refractivity contribution in [3.63, 3.8) is 0 Å². The van der Waals surface area contributed by atoms with Crippen molar-refractivity contribution in [2.75, 3.05) is 11.6 Å². The van der Waals surface area contributed by atoms with Gasteiger partial charge in [-0.15, -0.1) is 16.7 Å². The van der Waals surface area contributed by atoms with Crippen LogP contribution < -0.4 is 5.73 Å². The largest absolute Gasteiger partial charge is 0.368 e. The summed E-state index contributed by atoms with van der Waals surface area (Å²) in [6.07, 6.45) is 1.67. The van der Waals surface area contributed by atoms with Crippen molar-refractivity contribution in [2.45, 2.75) is 6.54 Å². The summed E-state index contributed by atoms with van der Waals surface area (Å²) in [4.78, 5) is 8.91. The Bertz CT molecular complexity index is 1100. The first-order chi connectivity index (χ1) is 11.7. The highest BCUT2D eigenvalue weighted by Gasteiger charge is 2.16. The van der Waals surface area contributed by atoms with Gasteiger partial charge in [-0.3, -0.25) is 0 Å². The van der Waals surface area contributed by atoms with Crippen LogP contribution in [0.2, 0.25) is 0 Å². The second-order valence-corrected chi connectivity index (χ2v) is 5.51. The summed E-state index contributed by atoms with van der Waals surface area (Å²) >= 11 is 5.78. The first-order valence-corrected chi connectivity index (χ1v) is 7.69. The molecule has 0 amide bonds. The summed E-state index contributed by atoms with van der Waals surface area (Å²) in [5.41, 5.74) is 8.47. The molecule has 118 valence electrons. The topological polar surface area (TPSA) is 111 Å². The fourth-order valence-electron chi connectivity index (χ4n) is 2.55. The maximum atomic E-state index is 9.04. The number of hydrogen-bond acceptors (Lipinski definition) is 6. The van der Waals surface area contributed by atoms with Crippen LogP contribution in [-0.2, 0) is 6.54 Å². The quantitative estimate of drug-likeness (QED) is 0.570. The average Bonchev–Trinajstić information content (AvgIpc) is 3.21. The molecule has 0 radical (unpaired) electrons. The molecule has 0 saturated carbocycles. The summed E-state index contributed by atoms with van der Waals surface area (Å²) in [5.74, 6) is 1.10. The number of hydrogen-bond donors (Lipinski definition) is 1. The number of fused-ring (bicyclic) bond motifs is 3. The van der Waals surface area contributed by atoms with Crippen LogP contribution in [0.25, 0.3) is 28.1 Å². The number of nitrogens with two attached hydrogens (primary N) is 1. The molecule has 0 unspecified atom stereocenters. The number of alkyl halides is 1. The number of rotatable bonds is 3. The molecule has 0 aliphatic carbocycles. The van der Waals surface area contributed by atoms with Crippen molar-refractivity contribution in [3.05, 3.63) is 36.0 Å². The number of aromatic nitrogens is 6. The predicted octanol–water partition coefficient (Wildman–Crippen LogP) is 1.83. The Morgan fingerprint density at radius 2 is 2.12 bits per heavy atom. The van der Waals surface area contributed by atoms with E-state index in [0.717, 1.165) is 10.9 Å². The molecular weight excluding hydrogens is 328 g/mol.